The largest absolute Gasteiger partial charge is 0.374 e. The van der Waals surface area contributed by atoms with Crippen molar-refractivity contribution in [3.8, 4) is 0 Å². The summed E-state index contributed by atoms with van der Waals surface area (Å²) in [5.74, 6) is 0.112. The summed E-state index contributed by atoms with van der Waals surface area (Å²) in [6.07, 6.45) is 2.58. The Kier molecular flexibility index (Phi) is 2.95. The van der Waals surface area contributed by atoms with Crippen LogP contribution < -0.4 is 10.2 Å². The van der Waals surface area contributed by atoms with E-state index in [1.807, 2.05) is 47.0 Å². The normalized spacial score (nSPS) is 14.2. The number of amides is 1. The van der Waals surface area contributed by atoms with E-state index in [1.54, 1.807) is 6.20 Å². The summed E-state index contributed by atoms with van der Waals surface area (Å²) in [6, 6.07) is 9.89. The van der Waals surface area contributed by atoms with E-state index in [1.165, 1.54) is 0 Å². The highest BCUT2D eigenvalue weighted by Crippen LogP contribution is 2.28. The van der Waals surface area contributed by atoms with Crippen molar-refractivity contribution in [2.45, 2.75) is 6.42 Å². The van der Waals surface area contributed by atoms with E-state index in [0.717, 1.165) is 23.5 Å². The zero-order valence-corrected chi connectivity index (χ0v) is 10.8. The Labute approximate surface area is 111 Å². The third-order valence-corrected chi connectivity index (χ3v) is 3.44. The van der Waals surface area contributed by atoms with Crippen LogP contribution in [0.5, 0.6) is 0 Å². The molecular formula is C14H16N4O. The first kappa shape index (κ1) is 11.8. The zero-order valence-electron chi connectivity index (χ0n) is 10.8. The molecule has 0 saturated heterocycles. The van der Waals surface area contributed by atoms with E-state index in [0.29, 0.717) is 13.1 Å². The van der Waals surface area contributed by atoms with E-state index in [4.69, 9.17) is 0 Å². The summed E-state index contributed by atoms with van der Waals surface area (Å²) in [7, 11) is 1.92. The number of carbonyl (C=O) groups excluding carboxylic acids is 1. The molecule has 1 amide bonds. The van der Waals surface area contributed by atoms with Crippen LogP contribution in [0.2, 0.25) is 0 Å². The number of hydrogen-bond donors (Lipinski definition) is 1. The highest BCUT2D eigenvalue weighted by Gasteiger charge is 2.23. The SMILES string of the molecule is Cn1nccc1CCN1C(=O)CNc2ccccc21. The van der Waals surface area contributed by atoms with Crippen LogP contribution in [0, 0.1) is 0 Å². The number of nitrogens with one attached hydrogen (secondary N) is 1. The van der Waals surface area contributed by atoms with Gasteiger partial charge in [0.05, 0.1) is 17.9 Å². The summed E-state index contributed by atoms with van der Waals surface area (Å²) in [5.41, 5.74) is 3.11. The van der Waals surface area contributed by atoms with Gasteiger partial charge in [-0.05, 0) is 18.2 Å². The van der Waals surface area contributed by atoms with Crippen molar-refractivity contribution in [1.82, 2.24) is 9.78 Å². The van der Waals surface area contributed by atoms with Crippen LogP contribution in [0.4, 0.5) is 11.4 Å². The maximum absolute atomic E-state index is 12.0. The number of para-hydroxylation sites is 2. The molecule has 2 aromatic rings. The van der Waals surface area contributed by atoms with Crippen molar-refractivity contribution in [2.24, 2.45) is 7.05 Å². The molecule has 1 aromatic carbocycles. The molecule has 0 aliphatic carbocycles. The van der Waals surface area contributed by atoms with Gasteiger partial charge in [0.2, 0.25) is 5.91 Å². The van der Waals surface area contributed by atoms with Gasteiger partial charge in [0, 0.05) is 31.9 Å². The second kappa shape index (κ2) is 4.76. The second-order valence-corrected chi connectivity index (χ2v) is 4.61. The maximum atomic E-state index is 12.0. The topological polar surface area (TPSA) is 50.2 Å². The summed E-state index contributed by atoms with van der Waals surface area (Å²) < 4.78 is 1.85. The van der Waals surface area contributed by atoms with E-state index in [-0.39, 0.29) is 5.91 Å². The molecule has 3 rings (SSSR count). The number of hydrogen-bond acceptors (Lipinski definition) is 3. The van der Waals surface area contributed by atoms with Gasteiger partial charge in [0.15, 0.2) is 0 Å². The van der Waals surface area contributed by atoms with Crippen LogP contribution in [-0.2, 0) is 18.3 Å². The number of carbonyl (C=O) groups is 1. The van der Waals surface area contributed by atoms with Gasteiger partial charge in [-0.25, -0.2) is 0 Å². The average molecular weight is 256 g/mol. The molecule has 2 heterocycles. The summed E-state index contributed by atoms with van der Waals surface area (Å²) in [4.78, 5) is 13.9. The van der Waals surface area contributed by atoms with Gasteiger partial charge in [0.25, 0.3) is 0 Å². The molecule has 98 valence electrons. The van der Waals surface area contributed by atoms with E-state index >= 15 is 0 Å². The van der Waals surface area contributed by atoms with Crippen LogP contribution in [0.25, 0.3) is 0 Å². The molecule has 0 unspecified atom stereocenters. The fourth-order valence-corrected chi connectivity index (χ4v) is 2.38. The molecular weight excluding hydrogens is 240 g/mol. The van der Waals surface area contributed by atoms with E-state index in [9.17, 15) is 4.79 Å². The summed E-state index contributed by atoms with van der Waals surface area (Å²) in [5, 5.41) is 7.28. The van der Waals surface area contributed by atoms with Crippen molar-refractivity contribution in [3.63, 3.8) is 0 Å². The maximum Gasteiger partial charge on any atom is 0.246 e. The highest BCUT2D eigenvalue weighted by atomic mass is 16.2. The zero-order chi connectivity index (χ0) is 13.2. The van der Waals surface area contributed by atoms with Gasteiger partial charge in [0.1, 0.15) is 0 Å². The predicted octanol–water partition coefficient (Wildman–Crippen LogP) is 1.42. The molecule has 1 aromatic heterocycles. The van der Waals surface area contributed by atoms with Gasteiger partial charge in [-0.15, -0.1) is 0 Å². The molecule has 5 nitrogen and oxygen atoms in total. The van der Waals surface area contributed by atoms with Crippen LogP contribution >= 0.6 is 0 Å². The van der Waals surface area contributed by atoms with Gasteiger partial charge >= 0.3 is 0 Å². The van der Waals surface area contributed by atoms with Gasteiger partial charge < -0.3 is 10.2 Å². The molecule has 0 fully saturated rings. The monoisotopic (exact) mass is 256 g/mol. The number of aryl methyl sites for hydroxylation is 1. The van der Waals surface area contributed by atoms with Crippen molar-refractivity contribution in [1.29, 1.82) is 0 Å². The molecule has 1 aliphatic heterocycles. The highest BCUT2D eigenvalue weighted by molar-refractivity contribution is 6.02. The summed E-state index contributed by atoms with van der Waals surface area (Å²) in [6.45, 7) is 1.04. The lowest BCUT2D eigenvalue weighted by atomic mass is 10.1. The number of aromatic nitrogens is 2. The first-order valence-corrected chi connectivity index (χ1v) is 6.36. The average Bonchev–Trinajstić information content (AvgIpc) is 2.83. The third kappa shape index (κ3) is 2.19. The molecule has 1 N–H and O–H groups in total. The van der Waals surface area contributed by atoms with E-state index in [2.05, 4.69) is 10.4 Å². The summed E-state index contributed by atoms with van der Waals surface area (Å²) >= 11 is 0. The first-order chi connectivity index (χ1) is 9.25. The smallest absolute Gasteiger partial charge is 0.246 e. The third-order valence-electron chi connectivity index (χ3n) is 3.44. The lowest BCUT2D eigenvalue weighted by Crippen LogP contribution is -2.41. The molecule has 1 aliphatic rings. The van der Waals surface area contributed by atoms with Gasteiger partial charge in [-0.3, -0.25) is 9.48 Å². The Hall–Kier alpha value is -2.30. The van der Waals surface area contributed by atoms with Crippen molar-refractivity contribution < 1.29 is 4.79 Å². The van der Waals surface area contributed by atoms with Crippen molar-refractivity contribution in [3.05, 3.63) is 42.2 Å². The minimum atomic E-state index is 0.112. The second-order valence-electron chi connectivity index (χ2n) is 4.61. The lowest BCUT2D eigenvalue weighted by Gasteiger charge is -2.30. The molecule has 0 bridgehead atoms. The fraction of sp³-hybridized carbons (Fsp3) is 0.286. The van der Waals surface area contributed by atoms with Gasteiger partial charge in [-0.1, -0.05) is 12.1 Å². The number of rotatable bonds is 3. The Balaban J connectivity index is 1.80. The minimum absolute atomic E-state index is 0.112. The van der Waals surface area contributed by atoms with Crippen LogP contribution in [0.1, 0.15) is 5.69 Å². The van der Waals surface area contributed by atoms with E-state index < -0.39 is 0 Å². The standard InChI is InChI=1S/C14H16N4O/c1-17-11(6-8-16-17)7-9-18-13-5-3-2-4-12(13)15-10-14(18)19/h2-6,8,15H,7,9-10H2,1H3. The Morgan fingerprint density at radius 2 is 2.16 bits per heavy atom. The van der Waals surface area contributed by atoms with Crippen molar-refractivity contribution in [2.75, 3.05) is 23.3 Å². The van der Waals surface area contributed by atoms with Crippen LogP contribution in [-0.4, -0.2) is 28.8 Å². The molecule has 0 spiro atoms. The predicted molar refractivity (Wildman–Crippen MR) is 74.2 cm³/mol. The molecule has 5 heteroatoms. The number of nitrogens with zero attached hydrogens (tertiary/aromatic N) is 3. The fourth-order valence-electron chi connectivity index (χ4n) is 2.38. The number of benzene rings is 1. The van der Waals surface area contributed by atoms with Gasteiger partial charge in [-0.2, -0.15) is 5.10 Å². The quantitative estimate of drug-likeness (QED) is 0.903. The lowest BCUT2D eigenvalue weighted by molar-refractivity contribution is -0.117. The van der Waals surface area contributed by atoms with Crippen LogP contribution in [0.3, 0.4) is 0 Å². The number of fused-ring (bicyclic) bond motifs is 1. The van der Waals surface area contributed by atoms with Crippen LogP contribution in [0.15, 0.2) is 36.5 Å². The minimum Gasteiger partial charge on any atom is -0.374 e. The molecule has 0 atom stereocenters. The molecule has 0 radical (unpaired) electrons. The Morgan fingerprint density at radius 3 is 2.95 bits per heavy atom. The molecule has 0 saturated carbocycles. The Bertz CT molecular complexity index is 605. The Morgan fingerprint density at radius 1 is 1.32 bits per heavy atom. The number of anilines is 2. The van der Waals surface area contributed by atoms with Crippen molar-refractivity contribution >= 4 is 17.3 Å². The molecule has 19 heavy (non-hydrogen) atoms. The first-order valence-electron chi connectivity index (χ1n) is 6.36.